The lowest BCUT2D eigenvalue weighted by Gasteiger charge is -2.26. The maximum absolute atomic E-state index is 12.4. The molecule has 4 rings (SSSR count). The number of morpholine rings is 1. The molecule has 0 spiro atoms. The predicted octanol–water partition coefficient (Wildman–Crippen LogP) is 2.26. The number of hydrogen-bond acceptors (Lipinski definition) is 7. The average Bonchev–Trinajstić information content (AvgIpc) is 3.12. The first-order valence-corrected chi connectivity index (χ1v) is 9.38. The zero-order chi connectivity index (χ0) is 17.9. The molecule has 2 fully saturated rings. The summed E-state index contributed by atoms with van der Waals surface area (Å²) in [5.74, 6) is 0.670. The summed E-state index contributed by atoms with van der Waals surface area (Å²) in [5.41, 5.74) is 1.73. The minimum absolute atomic E-state index is 0.139. The molecule has 2 saturated heterocycles. The van der Waals surface area contributed by atoms with Gasteiger partial charge in [-0.15, -0.1) is 0 Å². The molecule has 8 nitrogen and oxygen atoms in total. The Labute approximate surface area is 155 Å². The standard InChI is InChI=1S/C17H21N3O5S/c1-22-12-3-2-11(13-10-24-8-9-25-13)15-14(12)18-16(26-15)19-17(21)20-4-6-23-7-5-20/h2-3,13H,4-10H2,1H3,(H,18,19,21). The third-order valence-corrected chi connectivity index (χ3v) is 5.45. The van der Waals surface area contributed by atoms with Crippen molar-refractivity contribution >= 4 is 32.7 Å². The van der Waals surface area contributed by atoms with Crippen LogP contribution in [0.1, 0.15) is 11.7 Å². The number of carbonyl (C=O) groups is 1. The van der Waals surface area contributed by atoms with Crippen molar-refractivity contribution in [1.29, 1.82) is 0 Å². The van der Waals surface area contributed by atoms with Crippen LogP contribution < -0.4 is 10.1 Å². The number of benzene rings is 1. The molecule has 1 unspecified atom stereocenters. The first kappa shape index (κ1) is 17.5. The number of urea groups is 1. The Balaban J connectivity index is 1.62. The highest BCUT2D eigenvalue weighted by Crippen LogP contribution is 2.39. The smallest absolute Gasteiger partial charge is 0.323 e. The zero-order valence-electron chi connectivity index (χ0n) is 14.5. The molecular formula is C17H21N3O5S. The van der Waals surface area contributed by atoms with E-state index in [9.17, 15) is 4.79 Å². The number of fused-ring (bicyclic) bond motifs is 1. The zero-order valence-corrected chi connectivity index (χ0v) is 15.3. The van der Waals surface area contributed by atoms with Gasteiger partial charge in [-0.2, -0.15) is 0 Å². The van der Waals surface area contributed by atoms with E-state index in [2.05, 4.69) is 10.3 Å². The summed E-state index contributed by atoms with van der Waals surface area (Å²) < 4.78 is 23.0. The molecule has 0 aliphatic carbocycles. The fraction of sp³-hybridized carbons (Fsp3) is 0.529. The third-order valence-electron chi connectivity index (χ3n) is 4.43. The highest BCUT2D eigenvalue weighted by molar-refractivity contribution is 7.22. The van der Waals surface area contributed by atoms with Gasteiger partial charge in [0.15, 0.2) is 5.13 Å². The Hall–Kier alpha value is -1.94. The number of carbonyl (C=O) groups excluding carboxylic acids is 1. The summed E-state index contributed by atoms with van der Waals surface area (Å²) in [4.78, 5) is 18.7. The van der Waals surface area contributed by atoms with Gasteiger partial charge < -0.3 is 23.8 Å². The van der Waals surface area contributed by atoms with E-state index < -0.39 is 0 Å². The lowest BCUT2D eigenvalue weighted by molar-refractivity contribution is -0.0895. The molecule has 1 aromatic carbocycles. The first-order chi connectivity index (χ1) is 12.8. The monoisotopic (exact) mass is 379 g/mol. The Kier molecular flexibility index (Phi) is 5.21. The third kappa shape index (κ3) is 3.48. The van der Waals surface area contributed by atoms with E-state index in [1.165, 1.54) is 11.3 Å². The van der Waals surface area contributed by atoms with Crippen LogP contribution in [0.4, 0.5) is 9.93 Å². The molecule has 140 valence electrons. The molecule has 2 amide bonds. The summed E-state index contributed by atoms with van der Waals surface area (Å²) in [5, 5.41) is 3.43. The van der Waals surface area contributed by atoms with E-state index in [-0.39, 0.29) is 12.1 Å². The first-order valence-electron chi connectivity index (χ1n) is 8.56. The minimum atomic E-state index is -0.162. The van der Waals surface area contributed by atoms with Crippen LogP contribution in [-0.2, 0) is 14.2 Å². The Morgan fingerprint density at radius 2 is 2.12 bits per heavy atom. The van der Waals surface area contributed by atoms with E-state index in [1.807, 2.05) is 12.1 Å². The number of hydrogen-bond donors (Lipinski definition) is 1. The molecule has 0 saturated carbocycles. The van der Waals surface area contributed by atoms with Crippen molar-refractivity contribution in [1.82, 2.24) is 9.88 Å². The van der Waals surface area contributed by atoms with Gasteiger partial charge in [0.1, 0.15) is 17.4 Å². The van der Waals surface area contributed by atoms with Gasteiger partial charge in [0, 0.05) is 18.7 Å². The lowest BCUT2D eigenvalue weighted by Crippen LogP contribution is -2.43. The van der Waals surface area contributed by atoms with Crippen molar-refractivity contribution in [3.05, 3.63) is 17.7 Å². The largest absolute Gasteiger partial charge is 0.494 e. The van der Waals surface area contributed by atoms with Crippen molar-refractivity contribution in [3.8, 4) is 5.75 Å². The highest BCUT2D eigenvalue weighted by atomic mass is 32.1. The van der Waals surface area contributed by atoms with Crippen molar-refractivity contribution in [2.45, 2.75) is 6.10 Å². The van der Waals surface area contributed by atoms with Gasteiger partial charge in [0.2, 0.25) is 0 Å². The molecule has 0 bridgehead atoms. The second-order valence-corrected chi connectivity index (χ2v) is 7.02. The normalized spacial score (nSPS) is 21.0. The number of aromatic nitrogens is 1. The Morgan fingerprint density at radius 1 is 1.27 bits per heavy atom. The molecule has 2 aliphatic heterocycles. The highest BCUT2D eigenvalue weighted by Gasteiger charge is 2.24. The minimum Gasteiger partial charge on any atom is -0.494 e. The maximum Gasteiger partial charge on any atom is 0.323 e. The molecule has 26 heavy (non-hydrogen) atoms. The second kappa shape index (κ2) is 7.75. The van der Waals surface area contributed by atoms with Gasteiger partial charge in [-0.1, -0.05) is 17.4 Å². The molecule has 0 radical (unpaired) electrons. The average molecular weight is 379 g/mol. The van der Waals surface area contributed by atoms with Gasteiger partial charge in [-0.3, -0.25) is 5.32 Å². The number of rotatable bonds is 3. The van der Waals surface area contributed by atoms with Crippen LogP contribution in [0.5, 0.6) is 5.75 Å². The van der Waals surface area contributed by atoms with Gasteiger partial charge in [0.25, 0.3) is 0 Å². The summed E-state index contributed by atoms with van der Waals surface area (Å²) in [6.07, 6.45) is -0.139. The number of ether oxygens (including phenoxy) is 4. The maximum atomic E-state index is 12.4. The van der Waals surface area contributed by atoms with Crippen LogP contribution >= 0.6 is 11.3 Å². The lowest BCUT2D eigenvalue weighted by atomic mass is 10.1. The van der Waals surface area contributed by atoms with E-state index in [1.54, 1.807) is 12.0 Å². The number of methoxy groups -OCH3 is 1. The Morgan fingerprint density at radius 3 is 2.85 bits per heavy atom. The summed E-state index contributed by atoms with van der Waals surface area (Å²) in [7, 11) is 1.61. The molecule has 1 aromatic heterocycles. The second-order valence-electron chi connectivity index (χ2n) is 6.02. The van der Waals surface area contributed by atoms with Crippen LogP contribution in [-0.4, -0.2) is 69.1 Å². The number of amides is 2. The van der Waals surface area contributed by atoms with Crippen LogP contribution in [0.3, 0.4) is 0 Å². The molecule has 3 heterocycles. The SMILES string of the molecule is COc1ccc(C2COCCO2)c2sc(NC(=O)N3CCOCC3)nc12. The Bertz CT molecular complexity index is 784. The van der Waals surface area contributed by atoms with Gasteiger partial charge in [0.05, 0.1) is 44.8 Å². The van der Waals surface area contributed by atoms with Crippen LogP contribution in [0.15, 0.2) is 12.1 Å². The van der Waals surface area contributed by atoms with Crippen molar-refractivity contribution in [2.75, 3.05) is 58.6 Å². The van der Waals surface area contributed by atoms with Gasteiger partial charge in [-0.25, -0.2) is 9.78 Å². The summed E-state index contributed by atoms with van der Waals surface area (Å²) in [6.45, 7) is 3.97. The number of thiazole rings is 1. The van der Waals surface area contributed by atoms with Gasteiger partial charge >= 0.3 is 6.03 Å². The molecule has 9 heteroatoms. The van der Waals surface area contributed by atoms with Crippen LogP contribution in [0, 0.1) is 0 Å². The number of nitrogens with zero attached hydrogens (tertiary/aromatic N) is 2. The van der Waals surface area contributed by atoms with Crippen LogP contribution in [0.25, 0.3) is 10.2 Å². The quantitative estimate of drug-likeness (QED) is 0.881. The molecule has 2 aromatic rings. The summed E-state index contributed by atoms with van der Waals surface area (Å²) in [6, 6.07) is 3.69. The van der Waals surface area contributed by atoms with E-state index >= 15 is 0 Å². The van der Waals surface area contributed by atoms with E-state index in [0.29, 0.717) is 57.0 Å². The van der Waals surface area contributed by atoms with Crippen molar-refractivity contribution in [3.63, 3.8) is 0 Å². The van der Waals surface area contributed by atoms with E-state index in [0.717, 1.165) is 15.8 Å². The van der Waals surface area contributed by atoms with Crippen LogP contribution in [0.2, 0.25) is 0 Å². The van der Waals surface area contributed by atoms with Crippen molar-refractivity contribution < 1.29 is 23.7 Å². The number of nitrogens with one attached hydrogen (secondary N) is 1. The van der Waals surface area contributed by atoms with E-state index in [4.69, 9.17) is 18.9 Å². The van der Waals surface area contributed by atoms with Gasteiger partial charge in [-0.05, 0) is 6.07 Å². The molecule has 1 atom stereocenters. The topological polar surface area (TPSA) is 82.2 Å². The predicted molar refractivity (Wildman–Crippen MR) is 97.1 cm³/mol. The molecular weight excluding hydrogens is 358 g/mol. The summed E-state index contributed by atoms with van der Waals surface area (Å²) >= 11 is 1.42. The number of anilines is 1. The molecule has 1 N–H and O–H groups in total. The van der Waals surface area contributed by atoms with Crippen molar-refractivity contribution in [2.24, 2.45) is 0 Å². The molecule has 2 aliphatic rings. The fourth-order valence-electron chi connectivity index (χ4n) is 3.08. The fourth-order valence-corrected chi connectivity index (χ4v) is 4.11.